The Labute approximate surface area is 205 Å². The summed E-state index contributed by atoms with van der Waals surface area (Å²) in [6.07, 6.45) is 3.62. The van der Waals surface area contributed by atoms with Gasteiger partial charge < -0.3 is 16.0 Å². The van der Waals surface area contributed by atoms with Gasteiger partial charge in [0.05, 0.1) is 30.0 Å². The Hall–Kier alpha value is -3.72. The number of piperazine rings is 1. The zero-order valence-corrected chi connectivity index (χ0v) is 20.6. The summed E-state index contributed by atoms with van der Waals surface area (Å²) in [6, 6.07) is 12.6. The smallest absolute Gasteiger partial charge is 0.136 e. The number of likely N-dealkylation sites (N-methyl/N-ethyl adjacent to an activating group) is 1. The molecule has 9 heteroatoms. The van der Waals surface area contributed by atoms with E-state index in [0.717, 1.165) is 53.9 Å². The van der Waals surface area contributed by atoms with Gasteiger partial charge in [-0.2, -0.15) is 10.2 Å². The first-order valence-electron chi connectivity index (χ1n) is 11.9. The van der Waals surface area contributed by atoms with Gasteiger partial charge in [0.25, 0.3) is 0 Å². The van der Waals surface area contributed by atoms with Crippen molar-refractivity contribution in [2.24, 2.45) is 15.8 Å². The van der Waals surface area contributed by atoms with E-state index >= 15 is 0 Å². The molecule has 3 N–H and O–H groups in total. The summed E-state index contributed by atoms with van der Waals surface area (Å²) in [5.74, 6) is 0.431. The molecule has 4 rings (SSSR count). The Morgan fingerprint density at radius 3 is 2.69 bits per heavy atom. The first-order chi connectivity index (χ1) is 16.9. The number of amidine groups is 1. The van der Waals surface area contributed by atoms with Gasteiger partial charge in [-0.1, -0.05) is 12.1 Å². The minimum absolute atomic E-state index is 0.247. The first-order valence-corrected chi connectivity index (χ1v) is 11.9. The number of nitrogens with one attached hydrogen (secondary N) is 1. The van der Waals surface area contributed by atoms with Gasteiger partial charge in [0.1, 0.15) is 11.7 Å². The van der Waals surface area contributed by atoms with Gasteiger partial charge in [0, 0.05) is 49.5 Å². The standard InChI is InChI=1S/C26H33FN8/c1-4-29-26(24(19(2)28)17-30-34-12-10-33(3)11-13-34)32-23-8-9-25-21(15-23)16-31-35(25)18-20-6-5-7-22(27)14-20/h5-9,14-17H,4,10-13,18,28H2,1-3H3,(H,29,32)/b24-19?,30-17+. The van der Waals surface area contributed by atoms with Crippen LogP contribution in [-0.2, 0) is 6.54 Å². The number of hydrogen-bond donors (Lipinski definition) is 2. The Kier molecular flexibility index (Phi) is 7.77. The Balaban J connectivity index is 1.53. The lowest BCUT2D eigenvalue weighted by Crippen LogP contribution is -2.42. The van der Waals surface area contributed by atoms with Crippen LogP contribution in [0.1, 0.15) is 19.4 Å². The normalized spacial score (nSPS) is 16.2. The molecule has 0 unspecified atom stereocenters. The number of aromatic nitrogens is 2. The van der Waals surface area contributed by atoms with Crippen LogP contribution in [0.5, 0.6) is 0 Å². The molecule has 2 heterocycles. The molecule has 0 bridgehead atoms. The monoisotopic (exact) mass is 476 g/mol. The van der Waals surface area contributed by atoms with Crippen LogP contribution in [0.3, 0.4) is 0 Å². The van der Waals surface area contributed by atoms with Gasteiger partial charge in [0.15, 0.2) is 0 Å². The minimum atomic E-state index is -0.247. The number of allylic oxidation sites excluding steroid dienone is 1. The number of halogens is 1. The van der Waals surface area contributed by atoms with Crippen molar-refractivity contribution in [3.63, 3.8) is 0 Å². The molecule has 1 aromatic heterocycles. The molecule has 35 heavy (non-hydrogen) atoms. The Morgan fingerprint density at radius 2 is 1.97 bits per heavy atom. The quantitative estimate of drug-likeness (QED) is 0.403. The summed E-state index contributed by atoms with van der Waals surface area (Å²) in [5, 5.41) is 15.6. The molecule has 0 radical (unpaired) electrons. The van der Waals surface area contributed by atoms with Crippen molar-refractivity contribution in [3.05, 3.63) is 71.3 Å². The zero-order valence-electron chi connectivity index (χ0n) is 20.6. The van der Waals surface area contributed by atoms with Crippen LogP contribution in [0.25, 0.3) is 10.9 Å². The summed E-state index contributed by atoms with van der Waals surface area (Å²) < 4.78 is 15.4. The van der Waals surface area contributed by atoms with Crippen molar-refractivity contribution < 1.29 is 4.39 Å². The molecule has 2 aromatic carbocycles. The third-order valence-corrected chi connectivity index (χ3v) is 5.95. The molecule has 0 spiro atoms. The molecule has 184 valence electrons. The molecular weight excluding hydrogens is 443 g/mol. The highest BCUT2D eigenvalue weighted by Gasteiger charge is 2.14. The summed E-state index contributed by atoms with van der Waals surface area (Å²) in [5.41, 5.74) is 10.4. The highest BCUT2D eigenvalue weighted by atomic mass is 19.1. The number of fused-ring (bicyclic) bond motifs is 1. The van der Waals surface area contributed by atoms with E-state index in [4.69, 9.17) is 5.73 Å². The number of anilines is 1. The molecule has 0 atom stereocenters. The number of aliphatic imine (C=N–C) groups is 1. The Bertz CT molecular complexity index is 1250. The maximum absolute atomic E-state index is 13.6. The fourth-order valence-electron chi connectivity index (χ4n) is 3.99. The van der Waals surface area contributed by atoms with Crippen LogP contribution in [0, 0.1) is 5.82 Å². The average molecular weight is 477 g/mol. The summed E-state index contributed by atoms with van der Waals surface area (Å²) >= 11 is 0. The number of hydrazone groups is 1. The molecule has 1 saturated heterocycles. The number of nitrogens with zero attached hydrogens (tertiary/aromatic N) is 6. The number of nitrogens with two attached hydrogens (primary N) is 1. The van der Waals surface area contributed by atoms with Gasteiger partial charge in [-0.15, -0.1) is 0 Å². The van der Waals surface area contributed by atoms with Crippen molar-refractivity contribution in [2.45, 2.75) is 20.4 Å². The van der Waals surface area contributed by atoms with E-state index in [1.807, 2.05) is 49.0 Å². The second-order valence-electron chi connectivity index (χ2n) is 8.75. The van der Waals surface area contributed by atoms with E-state index in [2.05, 4.69) is 37.5 Å². The van der Waals surface area contributed by atoms with Crippen molar-refractivity contribution >= 4 is 28.6 Å². The Morgan fingerprint density at radius 1 is 1.17 bits per heavy atom. The van der Waals surface area contributed by atoms with E-state index in [-0.39, 0.29) is 5.82 Å². The molecule has 1 aliphatic heterocycles. The lowest BCUT2D eigenvalue weighted by molar-refractivity contribution is 0.159. The predicted octanol–water partition coefficient (Wildman–Crippen LogP) is 3.52. The fourth-order valence-corrected chi connectivity index (χ4v) is 3.99. The lowest BCUT2D eigenvalue weighted by atomic mass is 10.1. The molecule has 1 fully saturated rings. The SMILES string of the molecule is CC/N=C(/Nc1ccc2c(cnn2Cc2cccc(F)c2)c1)C(/C=N/N1CCN(C)CC1)=C(C)N. The molecular formula is C26H33FN8. The highest BCUT2D eigenvalue weighted by molar-refractivity contribution is 6.21. The molecule has 0 amide bonds. The van der Waals surface area contributed by atoms with E-state index in [9.17, 15) is 4.39 Å². The van der Waals surface area contributed by atoms with Gasteiger partial charge in [0.2, 0.25) is 0 Å². The second kappa shape index (κ2) is 11.1. The topological polar surface area (TPSA) is 87.1 Å². The van der Waals surface area contributed by atoms with Crippen LogP contribution < -0.4 is 11.1 Å². The minimum Gasteiger partial charge on any atom is -0.402 e. The van der Waals surface area contributed by atoms with E-state index < -0.39 is 0 Å². The predicted molar refractivity (Wildman–Crippen MR) is 141 cm³/mol. The maximum Gasteiger partial charge on any atom is 0.136 e. The fraction of sp³-hybridized carbons (Fsp3) is 0.346. The van der Waals surface area contributed by atoms with Crippen molar-refractivity contribution in [3.8, 4) is 0 Å². The van der Waals surface area contributed by atoms with Crippen molar-refractivity contribution in [1.82, 2.24) is 19.7 Å². The highest BCUT2D eigenvalue weighted by Crippen LogP contribution is 2.21. The average Bonchev–Trinajstić information content (AvgIpc) is 3.22. The van der Waals surface area contributed by atoms with E-state index in [1.165, 1.54) is 12.1 Å². The molecule has 0 saturated carbocycles. The van der Waals surface area contributed by atoms with Gasteiger partial charge >= 0.3 is 0 Å². The molecule has 8 nitrogen and oxygen atoms in total. The van der Waals surface area contributed by atoms with Crippen molar-refractivity contribution in [1.29, 1.82) is 0 Å². The number of benzene rings is 2. The van der Waals surface area contributed by atoms with Crippen LogP contribution in [0.4, 0.5) is 10.1 Å². The molecule has 0 aliphatic carbocycles. The lowest BCUT2D eigenvalue weighted by Gasteiger charge is -2.30. The van der Waals surface area contributed by atoms with Crippen molar-refractivity contribution in [2.75, 3.05) is 45.1 Å². The third kappa shape index (κ3) is 6.24. The number of hydrogen-bond acceptors (Lipinski definition) is 6. The van der Waals surface area contributed by atoms with Crippen LogP contribution >= 0.6 is 0 Å². The largest absolute Gasteiger partial charge is 0.402 e. The molecule has 1 aliphatic rings. The third-order valence-electron chi connectivity index (χ3n) is 5.95. The maximum atomic E-state index is 13.6. The first kappa shape index (κ1) is 24.4. The molecule has 3 aromatic rings. The van der Waals surface area contributed by atoms with Crippen LogP contribution in [-0.4, -0.2) is 71.5 Å². The number of rotatable bonds is 7. The van der Waals surface area contributed by atoms with Gasteiger partial charge in [-0.25, -0.2) is 4.39 Å². The van der Waals surface area contributed by atoms with Gasteiger partial charge in [-0.3, -0.25) is 14.7 Å². The summed E-state index contributed by atoms with van der Waals surface area (Å²) in [7, 11) is 2.12. The van der Waals surface area contributed by atoms with Gasteiger partial charge in [-0.05, 0) is 56.8 Å². The summed E-state index contributed by atoms with van der Waals surface area (Å²) in [6.45, 7) is 8.69. The van der Waals surface area contributed by atoms with Crippen LogP contribution in [0.15, 0.2) is 70.0 Å². The van der Waals surface area contributed by atoms with E-state index in [0.29, 0.717) is 24.6 Å². The zero-order chi connectivity index (χ0) is 24.8. The summed E-state index contributed by atoms with van der Waals surface area (Å²) in [4.78, 5) is 6.95. The second-order valence-corrected chi connectivity index (χ2v) is 8.75. The van der Waals surface area contributed by atoms with Crippen LogP contribution in [0.2, 0.25) is 0 Å². The van der Waals surface area contributed by atoms with E-state index in [1.54, 1.807) is 12.3 Å².